The highest BCUT2D eigenvalue weighted by atomic mass is 35.5. The van der Waals surface area contributed by atoms with Gasteiger partial charge in [-0.2, -0.15) is 0 Å². The van der Waals surface area contributed by atoms with Crippen molar-refractivity contribution in [1.29, 1.82) is 0 Å². The zero-order valence-electron chi connectivity index (χ0n) is 9.66. The zero-order chi connectivity index (χ0) is 12.3. The Labute approximate surface area is 112 Å². The highest BCUT2D eigenvalue weighted by molar-refractivity contribution is 6.42. The lowest BCUT2D eigenvalue weighted by atomic mass is 9.86. The van der Waals surface area contributed by atoms with E-state index < -0.39 is 0 Å². The molecule has 0 bridgehead atoms. The number of nitrogens with two attached hydrogens (primary N) is 1. The minimum absolute atomic E-state index is 0.171. The Kier molecular flexibility index (Phi) is 4.55. The van der Waals surface area contributed by atoms with Crippen LogP contribution in [0.2, 0.25) is 10.0 Å². The van der Waals surface area contributed by atoms with Crippen molar-refractivity contribution < 1.29 is 4.74 Å². The van der Waals surface area contributed by atoms with Crippen LogP contribution >= 0.6 is 23.2 Å². The van der Waals surface area contributed by atoms with Gasteiger partial charge in [0.05, 0.1) is 5.02 Å². The molecule has 4 heteroatoms. The van der Waals surface area contributed by atoms with Gasteiger partial charge in [-0.15, -0.1) is 0 Å². The van der Waals surface area contributed by atoms with Gasteiger partial charge >= 0.3 is 0 Å². The standard InChI is InChI=1S/C13H17Cl2NO/c14-10-5-3-7-12(13(10)15)17-11-6-2-1-4-9(11)8-16/h3,5,7,9,11H,1-2,4,6,8,16H2. The second-order valence-corrected chi connectivity index (χ2v) is 5.27. The highest BCUT2D eigenvalue weighted by Gasteiger charge is 2.26. The third-order valence-corrected chi connectivity index (χ3v) is 4.14. The Hall–Kier alpha value is -0.440. The molecule has 1 aliphatic rings. The molecule has 0 aliphatic heterocycles. The molecule has 0 radical (unpaired) electrons. The Morgan fingerprint density at radius 3 is 2.76 bits per heavy atom. The van der Waals surface area contributed by atoms with Crippen LogP contribution in [-0.4, -0.2) is 12.6 Å². The van der Waals surface area contributed by atoms with Crippen LogP contribution in [0, 0.1) is 5.92 Å². The lowest BCUT2D eigenvalue weighted by Crippen LogP contribution is -2.35. The first-order chi connectivity index (χ1) is 8.22. The molecule has 0 amide bonds. The summed E-state index contributed by atoms with van der Waals surface area (Å²) in [6.45, 7) is 0.669. The second kappa shape index (κ2) is 5.94. The predicted molar refractivity (Wildman–Crippen MR) is 71.9 cm³/mol. The molecule has 2 atom stereocenters. The SMILES string of the molecule is NCC1CCCCC1Oc1cccc(Cl)c1Cl. The first kappa shape index (κ1) is 13.0. The third kappa shape index (κ3) is 3.06. The summed E-state index contributed by atoms with van der Waals surface area (Å²) in [7, 11) is 0. The van der Waals surface area contributed by atoms with Crippen LogP contribution < -0.4 is 10.5 Å². The second-order valence-electron chi connectivity index (χ2n) is 4.49. The Bertz CT molecular complexity index is 384. The number of benzene rings is 1. The fraction of sp³-hybridized carbons (Fsp3) is 0.538. The molecular weight excluding hydrogens is 257 g/mol. The summed E-state index contributed by atoms with van der Waals surface area (Å²) in [6.07, 6.45) is 4.79. The normalized spacial score (nSPS) is 24.6. The minimum Gasteiger partial charge on any atom is -0.488 e. The third-order valence-electron chi connectivity index (χ3n) is 3.34. The molecule has 1 aromatic carbocycles. The zero-order valence-corrected chi connectivity index (χ0v) is 11.2. The van der Waals surface area contributed by atoms with Gasteiger partial charge in [-0.3, -0.25) is 0 Å². The Morgan fingerprint density at radius 1 is 1.24 bits per heavy atom. The number of hydrogen-bond acceptors (Lipinski definition) is 2. The van der Waals surface area contributed by atoms with Crippen molar-refractivity contribution in [2.24, 2.45) is 11.7 Å². The molecule has 0 aromatic heterocycles. The Balaban J connectivity index is 2.11. The summed E-state index contributed by atoms with van der Waals surface area (Å²) >= 11 is 12.1. The Morgan fingerprint density at radius 2 is 2.00 bits per heavy atom. The van der Waals surface area contributed by atoms with E-state index in [9.17, 15) is 0 Å². The van der Waals surface area contributed by atoms with E-state index >= 15 is 0 Å². The first-order valence-corrected chi connectivity index (χ1v) is 6.78. The molecule has 2 rings (SSSR count). The summed E-state index contributed by atoms with van der Waals surface area (Å²) < 4.78 is 5.97. The largest absolute Gasteiger partial charge is 0.488 e. The van der Waals surface area contributed by atoms with Crippen molar-refractivity contribution in [3.8, 4) is 5.75 Å². The lowest BCUT2D eigenvalue weighted by molar-refractivity contribution is 0.0971. The molecular formula is C13H17Cl2NO. The van der Waals surface area contributed by atoms with Crippen LogP contribution in [0.4, 0.5) is 0 Å². The van der Waals surface area contributed by atoms with Crippen molar-refractivity contribution in [2.45, 2.75) is 31.8 Å². The van der Waals surface area contributed by atoms with Gasteiger partial charge in [-0.1, -0.05) is 35.7 Å². The van der Waals surface area contributed by atoms with Crippen molar-refractivity contribution in [3.63, 3.8) is 0 Å². The van der Waals surface area contributed by atoms with Gasteiger partial charge < -0.3 is 10.5 Å². The van der Waals surface area contributed by atoms with Crippen LogP contribution in [0.25, 0.3) is 0 Å². The van der Waals surface area contributed by atoms with Crippen molar-refractivity contribution in [2.75, 3.05) is 6.54 Å². The van der Waals surface area contributed by atoms with Crippen molar-refractivity contribution >= 4 is 23.2 Å². The molecule has 2 unspecified atom stereocenters. The summed E-state index contributed by atoms with van der Waals surface area (Å²) in [4.78, 5) is 0. The first-order valence-electron chi connectivity index (χ1n) is 6.03. The summed E-state index contributed by atoms with van der Waals surface area (Å²) in [5, 5.41) is 1.03. The molecule has 2 nitrogen and oxygen atoms in total. The van der Waals surface area contributed by atoms with E-state index in [1.54, 1.807) is 6.07 Å². The predicted octanol–water partition coefficient (Wildman–Crippen LogP) is 3.89. The monoisotopic (exact) mass is 273 g/mol. The average Bonchev–Trinajstić information content (AvgIpc) is 2.35. The summed E-state index contributed by atoms with van der Waals surface area (Å²) in [5.74, 6) is 1.10. The van der Waals surface area contributed by atoms with Gasteiger partial charge in [0.25, 0.3) is 0 Å². The maximum Gasteiger partial charge on any atom is 0.139 e. The molecule has 1 aliphatic carbocycles. The van der Waals surface area contributed by atoms with Gasteiger partial charge in [0.2, 0.25) is 0 Å². The van der Waals surface area contributed by atoms with Gasteiger partial charge in [0.15, 0.2) is 0 Å². The van der Waals surface area contributed by atoms with Gasteiger partial charge in [-0.05, 0) is 37.9 Å². The fourth-order valence-corrected chi connectivity index (χ4v) is 2.67. The van der Waals surface area contributed by atoms with E-state index in [1.807, 2.05) is 12.1 Å². The van der Waals surface area contributed by atoms with Gasteiger partial charge in [0, 0.05) is 5.92 Å². The van der Waals surface area contributed by atoms with Crippen LogP contribution in [-0.2, 0) is 0 Å². The number of halogens is 2. The average molecular weight is 274 g/mol. The maximum atomic E-state index is 6.12. The molecule has 94 valence electrons. The lowest BCUT2D eigenvalue weighted by Gasteiger charge is -2.31. The maximum absolute atomic E-state index is 6.12. The number of hydrogen-bond donors (Lipinski definition) is 1. The van der Waals surface area contributed by atoms with Crippen molar-refractivity contribution in [1.82, 2.24) is 0 Å². The fourth-order valence-electron chi connectivity index (χ4n) is 2.34. The van der Waals surface area contributed by atoms with E-state index in [0.717, 1.165) is 12.8 Å². The van der Waals surface area contributed by atoms with E-state index in [2.05, 4.69) is 0 Å². The topological polar surface area (TPSA) is 35.2 Å². The molecule has 1 fully saturated rings. The van der Waals surface area contributed by atoms with E-state index in [0.29, 0.717) is 28.3 Å². The molecule has 1 saturated carbocycles. The molecule has 0 spiro atoms. The van der Waals surface area contributed by atoms with Crippen LogP contribution in [0.5, 0.6) is 5.75 Å². The smallest absolute Gasteiger partial charge is 0.139 e. The minimum atomic E-state index is 0.171. The van der Waals surface area contributed by atoms with Crippen LogP contribution in [0.1, 0.15) is 25.7 Å². The van der Waals surface area contributed by atoms with Crippen LogP contribution in [0.15, 0.2) is 18.2 Å². The molecule has 17 heavy (non-hydrogen) atoms. The van der Waals surface area contributed by atoms with Crippen molar-refractivity contribution in [3.05, 3.63) is 28.2 Å². The number of ether oxygens (including phenoxy) is 1. The molecule has 0 saturated heterocycles. The highest BCUT2D eigenvalue weighted by Crippen LogP contribution is 2.35. The van der Waals surface area contributed by atoms with E-state index in [1.165, 1.54) is 12.8 Å². The quantitative estimate of drug-likeness (QED) is 0.907. The van der Waals surface area contributed by atoms with Gasteiger partial charge in [-0.25, -0.2) is 0 Å². The molecule has 0 heterocycles. The molecule has 1 aromatic rings. The van der Waals surface area contributed by atoms with Crippen LogP contribution in [0.3, 0.4) is 0 Å². The van der Waals surface area contributed by atoms with E-state index in [-0.39, 0.29) is 6.10 Å². The van der Waals surface area contributed by atoms with E-state index in [4.69, 9.17) is 33.7 Å². The van der Waals surface area contributed by atoms with Gasteiger partial charge in [0.1, 0.15) is 16.9 Å². The number of rotatable bonds is 3. The summed E-state index contributed by atoms with van der Waals surface area (Å²) in [6, 6.07) is 5.47. The molecule has 2 N–H and O–H groups in total. The summed E-state index contributed by atoms with van der Waals surface area (Å²) in [5.41, 5.74) is 5.78.